The number of halogens is 2. The molecule has 0 bridgehead atoms. The van der Waals surface area contributed by atoms with Crippen LogP contribution >= 0.6 is 24.8 Å². The summed E-state index contributed by atoms with van der Waals surface area (Å²) < 4.78 is 5.44. The van der Waals surface area contributed by atoms with Gasteiger partial charge in [-0.2, -0.15) is 0 Å². The second-order valence-corrected chi connectivity index (χ2v) is 6.19. The van der Waals surface area contributed by atoms with Gasteiger partial charge in [-0.1, -0.05) is 27.7 Å². The van der Waals surface area contributed by atoms with Crippen LogP contribution in [-0.2, 0) is 9.53 Å². The first kappa shape index (κ1) is 25.2. The summed E-state index contributed by atoms with van der Waals surface area (Å²) in [5, 5.41) is 3.36. The van der Waals surface area contributed by atoms with Crippen LogP contribution in [0.3, 0.4) is 0 Å². The molecule has 0 aromatic heterocycles. The lowest BCUT2D eigenvalue weighted by molar-refractivity contribution is -0.133. The van der Waals surface area contributed by atoms with Crippen molar-refractivity contribution in [3.05, 3.63) is 0 Å². The van der Waals surface area contributed by atoms with E-state index in [0.717, 1.165) is 45.9 Å². The first-order valence-electron chi connectivity index (χ1n) is 8.38. The van der Waals surface area contributed by atoms with Crippen molar-refractivity contribution in [1.82, 2.24) is 15.1 Å². The minimum atomic E-state index is 0. The van der Waals surface area contributed by atoms with Gasteiger partial charge in [-0.25, -0.2) is 0 Å². The number of amides is 1. The number of nitrogens with one attached hydrogen (secondary N) is 1. The molecule has 1 unspecified atom stereocenters. The summed E-state index contributed by atoms with van der Waals surface area (Å²) >= 11 is 0. The molecule has 0 radical (unpaired) electrons. The number of carbonyl (C=O) groups is 1. The van der Waals surface area contributed by atoms with E-state index in [1.165, 1.54) is 0 Å². The number of hydrogen-bond acceptors (Lipinski definition) is 4. The van der Waals surface area contributed by atoms with E-state index in [2.05, 4.69) is 37.9 Å². The Hall–Kier alpha value is -0.0700. The largest absolute Gasteiger partial charge is 0.378 e. The van der Waals surface area contributed by atoms with Crippen molar-refractivity contribution in [3.63, 3.8) is 0 Å². The molecule has 1 atom stereocenters. The van der Waals surface area contributed by atoms with Gasteiger partial charge in [0.05, 0.1) is 13.2 Å². The molecule has 1 N–H and O–H groups in total. The predicted molar refractivity (Wildman–Crippen MR) is 101 cm³/mol. The van der Waals surface area contributed by atoms with Gasteiger partial charge >= 0.3 is 0 Å². The molecule has 0 aliphatic carbocycles. The standard InChI is InChI=1S/C16H33N3O2.2ClH/c1-5-18(6-2)8-9-19(12-14(3)4)16(20)11-15-13-21-10-7-17-15;;/h14-15,17H,5-13H2,1-4H3;2*1H. The third-order valence-electron chi connectivity index (χ3n) is 3.94. The molecular formula is C16H35Cl2N3O2. The molecule has 7 heteroatoms. The van der Waals surface area contributed by atoms with Crippen LogP contribution in [0, 0.1) is 5.92 Å². The second kappa shape index (κ2) is 14.3. The average molecular weight is 372 g/mol. The molecule has 1 heterocycles. The van der Waals surface area contributed by atoms with Gasteiger partial charge in [0.15, 0.2) is 0 Å². The Balaban J connectivity index is 0. The third-order valence-corrected chi connectivity index (χ3v) is 3.94. The van der Waals surface area contributed by atoms with E-state index >= 15 is 0 Å². The Morgan fingerprint density at radius 1 is 1.22 bits per heavy atom. The Morgan fingerprint density at radius 3 is 2.35 bits per heavy atom. The maximum atomic E-state index is 12.5. The number of ether oxygens (including phenoxy) is 1. The second-order valence-electron chi connectivity index (χ2n) is 6.19. The van der Waals surface area contributed by atoms with Crippen LogP contribution < -0.4 is 5.32 Å². The highest BCUT2D eigenvalue weighted by Gasteiger charge is 2.21. The summed E-state index contributed by atoms with van der Waals surface area (Å²) in [5.41, 5.74) is 0. The molecule has 1 aliphatic heterocycles. The Morgan fingerprint density at radius 2 is 1.87 bits per heavy atom. The minimum Gasteiger partial charge on any atom is -0.378 e. The number of rotatable bonds is 9. The molecule has 0 saturated carbocycles. The number of carbonyl (C=O) groups excluding carboxylic acids is 1. The quantitative estimate of drug-likeness (QED) is 0.673. The lowest BCUT2D eigenvalue weighted by Crippen LogP contribution is -2.47. The first-order chi connectivity index (χ1) is 10.1. The fourth-order valence-electron chi connectivity index (χ4n) is 2.65. The van der Waals surface area contributed by atoms with E-state index in [0.29, 0.717) is 18.9 Å². The SMILES string of the molecule is CCN(CC)CCN(CC(C)C)C(=O)CC1COCCN1.Cl.Cl. The zero-order chi connectivity index (χ0) is 15.7. The summed E-state index contributed by atoms with van der Waals surface area (Å²) in [5.74, 6) is 0.750. The normalized spacial score (nSPS) is 17.6. The number of morpholine rings is 1. The van der Waals surface area contributed by atoms with Crippen molar-refractivity contribution >= 4 is 30.7 Å². The van der Waals surface area contributed by atoms with Crippen molar-refractivity contribution in [3.8, 4) is 0 Å². The van der Waals surface area contributed by atoms with Crippen molar-refractivity contribution in [2.45, 2.75) is 40.2 Å². The molecule has 1 aliphatic rings. The van der Waals surface area contributed by atoms with E-state index in [1.54, 1.807) is 0 Å². The van der Waals surface area contributed by atoms with Crippen LogP contribution in [0.5, 0.6) is 0 Å². The zero-order valence-electron chi connectivity index (χ0n) is 15.0. The van der Waals surface area contributed by atoms with Crippen LogP contribution in [0.4, 0.5) is 0 Å². The summed E-state index contributed by atoms with van der Waals surface area (Å²) in [6.45, 7) is 15.6. The smallest absolute Gasteiger partial charge is 0.224 e. The molecule has 140 valence electrons. The molecule has 1 fully saturated rings. The van der Waals surface area contributed by atoms with Crippen LogP contribution in [-0.4, -0.2) is 74.2 Å². The van der Waals surface area contributed by atoms with Gasteiger partial charge in [-0.15, -0.1) is 24.8 Å². The molecule has 1 amide bonds. The lowest BCUT2D eigenvalue weighted by atomic mass is 10.1. The highest BCUT2D eigenvalue weighted by atomic mass is 35.5. The average Bonchev–Trinajstić information content (AvgIpc) is 2.47. The summed E-state index contributed by atoms with van der Waals surface area (Å²) in [7, 11) is 0. The number of likely N-dealkylation sites (N-methyl/N-ethyl adjacent to an activating group) is 1. The molecular weight excluding hydrogens is 337 g/mol. The van der Waals surface area contributed by atoms with Gasteiger partial charge in [0.1, 0.15) is 0 Å². The Bertz CT molecular complexity index is 297. The summed E-state index contributed by atoms with van der Waals surface area (Å²) in [4.78, 5) is 16.9. The number of nitrogens with zero attached hydrogens (tertiary/aromatic N) is 2. The lowest BCUT2D eigenvalue weighted by Gasteiger charge is -2.30. The van der Waals surface area contributed by atoms with Crippen molar-refractivity contribution in [2.75, 3.05) is 52.5 Å². The van der Waals surface area contributed by atoms with E-state index in [4.69, 9.17) is 4.74 Å². The predicted octanol–water partition coefficient (Wildman–Crippen LogP) is 2.03. The molecule has 0 aromatic rings. The molecule has 23 heavy (non-hydrogen) atoms. The topological polar surface area (TPSA) is 44.8 Å². The van der Waals surface area contributed by atoms with E-state index < -0.39 is 0 Å². The maximum Gasteiger partial charge on any atom is 0.224 e. The maximum absolute atomic E-state index is 12.5. The summed E-state index contributed by atoms with van der Waals surface area (Å²) in [6.07, 6.45) is 0.547. The highest BCUT2D eigenvalue weighted by Crippen LogP contribution is 2.06. The van der Waals surface area contributed by atoms with Gasteiger partial charge in [0, 0.05) is 38.6 Å². The van der Waals surface area contributed by atoms with Crippen LogP contribution in [0.2, 0.25) is 0 Å². The highest BCUT2D eigenvalue weighted by molar-refractivity contribution is 5.85. The molecule has 5 nitrogen and oxygen atoms in total. The molecule has 0 aromatic carbocycles. The Labute approximate surface area is 154 Å². The van der Waals surface area contributed by atoms with Crippen molar-refractivity contribution in [2.24, 2.45) is 5.92 Å². The van der Waals surface area contributed by atoms with E-state index in [-0.39, 0.29) is 36.8 Å². The van der Waals surface area contributed by atoms with Crippen LogP contribution in [0.1, 0.15) is 34.1 Å². The number of hydrogen-bond donors (Lipinski definition) is 1. The Kier molecular flexibility index (Phi) is 15.6. The van der Waals surface area contributed by atoms with Gasteiger partial charge in [0.25, 0.3) is 0 Å². The third kappa shape index (κ3) is 10.4. The van der Waals surface area contributed by atoms with Gasteiger partial charge in [-0.05, 0) is 19.0 Å². The fraction of sp³-hybridized carbons (Fsp3) is 0.938. The van der Waals surface area contributed by atoms with Crippen molar-refractivity contribution < 1.29 is 9.53 Å². The fourth-order valence-corrected chi connectivity index (χ4v) is 2.65. The first-order valence-corrected chi connectivity index (χ1v) is 8.38. The van der Waals surface area contributed by atoms with Crippen LogP contribution in [0.25, 0.3) is 0 Å². The van der Waals surface area contributed by atoms with Gasteiger partial charge in [0.2, 0.25) is 5.91 Å². The monoisotopic (exact) mass is 371 g/mol. The van der Waals surface area contributed by atoms with E-state index in [9.17, 15) is 4.79 Å². The zero-order valence-corrected chi connectivity index (χ0v) is 16.7. The van der Waals surface area contributed by atoms with Crippen LogP contribution in [0.15, 0.2) is 0 Å². The van der Waals surface area contributed by atoms with Crippen molar-refractivity contribution in [1.29, 1.82) is 0 Å². The molecule has 1 saturated heterocycles. The minimum absolute atomic E-state index is 0. The molecule has 1 rings (SSSR count). The molecule has 0 spiro atoms. The van der Waals surface area contributed by atoms with Gasteiger partial charge in [-0.3, -0.25) is 4.79 Å². The van der Waals surface area contributed by atoms with Gasteiger partial charge < -0.3 is 19.9 Å². The van der Waals surface area contributed by atoms with E-state index in [1.807, 2.05) is 4.90 Å². The summed E-state index contributed by atoms with van der Waals surface area (Å²) in [6, 6.07) is 0.175.